The molecule has 12 heavy (non-hydrogen) atoms. The van der Waals surface area contributed by atoms with Gasteiger partial charge in [0.1, 0.15) is 0 Å². The molecule has 0 amide bonds. The maximum Gasteiger partial charge on any atom is 0.0116 e. The molecular formula is C11H14S. The van der Waals surface area contributed by atoms with E-state index in [1.165, 1.54) is 11.3 Å². The second-order valence-corrected chi connectivity index (χ2v) is 3.79. The van der Waals surface area contributed by atoms with Gasteiger partial charge in [-0.2, -0.15) is 11.8 Å². The van der Waals surface area contributed by atoms with Crippen molar-refractivity contribution in [2.75, 3.05) is 11.5 Å². The van der Waals surface area contributed by atoms with E-state index in [-0.39, 0.29) is 0 Å². The summed E-state index contributed by atoms with van der Waals surface area (Å²) in [6.45, 7) is 2.18. The lowest BCUT2D eigenvalue weighted by atomic mass is 10.2. The third-order valence-electron chi connectivity index (χ3n) is 1.53. The van der Waals surface area contributed by atoms with Crippen LogP contribution < -0.4 is 0 Å². The van der Waals surface area contributed by atoms with E-state index in [0.717, 1.165) is 5.75 Å². The number of hydrogen-bond donors (Lipinski definition) is 0. The fourth-order valence-electron chi connectivity index (χ4n) is 0.934. The van der Waals surface area contributed by atoms with E-state index in [9.17, 15) is 0 Å². The third-order valence-corrected chi connectivity index (χ3v) is 2.36. The van der Waals surface area contributed by atoms with Crippen LogP contribution in [0.3, 0.4) is 0 Å². The fourth-order valence-corrected chi connectivity index (χ4v) is 1.40. The van der Waals surface area contributed by atoms with Crippen molar-refractivity contribution >= 4 is 17.8 Å². The summed E-state index contributed by atoms with van der Waals surface area (Å²) in [5, 5.41) is 0. The minimum absolute atomic E-state index is 1.12. The van der Waals surface area contributed by atoms with Gasteiger partial charge in [-0.3, -0.25) is 0 Å². The standard InChI is InChI=1S/C11H14S/c1-2-12-10-6-9-11-7-4-3-5-8-11/h3-9H,2,10H2,1H3. The van der Waals surface area contributed by atoms with Crippen molar-refractivity contribution in [1.82, 2.24) is 0 Å². The number of thioether (sulfide) groups is 1. The Bertz CT molecular complexity index is 226. The van der Waals surface area contributed by atoms with Gasteiger partial charge in [-0.25, -0.2) is 0 Å². The molecule has 64 valence electrons. The molecule has 0 N–H and O–H groups in total. The number of rotatable bonds is 4. The second kappa shape index (κ2) is 5.90. The molecule has 0 spiro atoms. The first kappa shape index (κ1) is 9.40. The van der Waals surface area contributed by atoms with Crippen LogP contribution in [-0.4, -0.2) is 11.5 Å². The van der Waals surface area contributed by atoms with Crippen LogP contribution in [0.15, 0.2) is 36.4 Å². The molecule has 1 heteroatoms. The summed E-state index contributed by atoms with van der Waals surface area (Å²) in [4.78, 5) is 0. The topological polar surface area (TPSA) is 0 Å². The van der Waals surface area contributed by atoms with Gasteiger partial charge >= 0.3 is 0 Å². The van der Waals surface area contributed by atoms with Crippen molar-refractivity contribution in [1.29, 1.82) is 0 Å². The first-order valence-electron chi connectivity index (χ1n) is 4.23. The van der Waals surface area contributed by atoms with Gasteiger partial charge in [0.15, 0.2) is 0 Å². The van der Waals surface area contributed by atoms with E-state index in [0.29, 0.717) is 0 Å². The molecule has 0 fully saturated rings. The molecule has 1 aromatic carbocycles. The first-order valence-corrected chi connectivity index (χ1v) is 5.38. The van der Waals surface area contributed by atoms with Gasteiger partial charge in [0.05, 0.1) is 0 Å². The van der Waals surface area contributed by atoms with Crippen molar-refractivity contribution in [3.63, 3.8) is 0 Å². The van der Waals surface area contributed by atoms with E-state index in [4.69, 9.17) is 0 Å². The molecule has 0 saturated carbocycles. The molecule has 0 nitrogen and oxygen atoms in total. The summed E-state index contributed by atoms with van der Waals surface area (Å²) in [6.07, 6.45) is 4.38. The van der Waals surface area contributed by atoms with Crippen LogP contribution in [0.5, 0.6) is 0 Å². The summed E-state index contributed by atoms with van der Waals surface area (Å²) < 4.78 is 0. The highest BCUT2D eigenvalue weighted by molar-refractivity contribution is 7.99. The van der Waals surface area contributed by atoms with Crippen LogP contribution in [0.1, 0.15) is 12.5 Å². The van der Waals surface area contributed by atoms with Crippen molar-refractivity contribution in [3.8, 4) is 0 Å². The first-order chi connectivity index (χ1) is 5.93. The smallest absolute Gasteiger partial charge is 0.0116 e. The Morgan fingerprint density at radius 2 is 2.00 bits per heavy atom. The van der Waals surface area contributed by atoms with Gasteiger partial charge in [0, 0.05) is 5.75 Å². The van der Waals surface area contributed by atoms with Crippen molar-refractivity contribution in [2.24, 2.45) is 0 Å². The summed E-state index contributed by atoms with van der Waals surface area (Å²) in [5.74, 6) is 2.31. The summed E-state index contributed by atoms with van der Waals surface area (Å²) >= 11 is 1.94. The Balaban J connectivity index is 2.36. The Labute approximate surface area is 78.7 Å². The molecule has 0 unspecified atom stereocenters. The average Bonchev–Trinajstić information content (AvgIpc) is 2.14. The van der Waals surface area contributed by atoms with Crippen LogP contribution in [0.2, 0.25) is 0 Å². The third kappa shape index (κ3) is 3.63. The van der Waals surface area contributed by atoms with E-state index in [2.05, 4.69) is 43.3 Å². The lowest BCUT2D eigenvalue weighted by Crippen LogP contribution is -1.73. The Kier molecular flexibility index (Phi) is 4.62. The highest BCUT2D eigenvalue weighted by Gasteiger charge is 1.81. The molecule has 0 heterocycles. The molecular weight excluding hydrogens is 164 g/mol. The fraction of sp³-hybridized carbons (Fsp3) is 0.273. The largest absolute Gasteiger partial charge is 0.158 e. The number of hydrogen-bond acceptors (Lipinski definition) is 1. The normalized spacial score (nSPS) is 10.8. The maximum atomic E-state index is 2.21. The van der Waals surface area contributed by atoms with Crippen LogP contribution >= 0.6 is 11.8 Å². The Hall–Kier alpha value is -0.690. The maximum absolute atomic E-state index is 2.21. The second-order valence-electron chi connectivity index (χ2n) is 2.47. The molecule has 0 saturated heterocycles. The molecule has 0 aliphatic rings. The van der Waals surface area contributed by atoms with Crippen LogP contribution in [0.4, 0.5) is 0 Å². The Morgan fingerprint density at radius 1 is 1.25 bits per heavy atom. The molecule has 0 aliphatic carbocycles. The van der Waals surface area contributed by atoms with Crippen LogP contribution in [0.25, 0.3) is 6.08 Å². The zero-order valence-electron chi connectivity index (χ0n) is 7.36. The van der Waals surface area contributed by atoms with Gasteiger partial charge in [-0.1, -0.05) is 49.4 Å². The summed E-state index contributed by atoms with van der Waals surface area (Å²) in [5.41, 5.74) is 1.29. The van der Waals surface area contributed by atoms with E-state index >= 15 is 0 Å². The van der Waals surface area contributed by atoms with Gasteiger partial charge in [-0.05, 0) is 11.3 Å². The minimum Gasteiger partial charge on any atom is -0.158 e. The molecule has 0 aromatic heterocycles. The average molecular weight is 178 g/mol. The van der Waals surface area contributed by atoms with Crippen LogP contribution in [-0.2, 0) is 0 Å². The molecule has 1 aromatic rings. The monoisotopic (exact) mass is 178 g/mol. The number of benzene rings is 1. The van der Waals surface area contributed by atoms with Gasteiger partial charge < -0.3 is 0 Å². The predicted molar refractivity (Wildman–Crippen MR) is 58.5 cm³/mol. The zero-order chi connectivity index (χ0) is 8.65. The molecule has 0 bridgehead atoms. The lowest BCUT2D eigenvalue weighted by molar-refractivity contribution is 1.52. The Morgan fingerprint density at radius 3 is 2.67 bits per heavy atom. The molecule has 0 atom stereocenters. The van der Waals surface area contributed by atoms with E-state index in [1.807, 2.05) is 17.8 Å². The van der Waals surface area contributed by atoms with Gasteiger partial charge in [0.2, 0.25) is 0 Å². The highest BCUT2D eigenvalue weighted by atomic mass is 32.2. The highest BCUT2D eigenvalue weighted by Crippen LogP contribution is 2.03. The zero-order valence-corrected chi connectivity index (χ0v) is 8.18. The van der Waals surface area contributed by atoms with Gasteiger partial charge in [0.25, 0.3) is 0 Å². The van der Waals surface area contributed by atoms with Gasteiger partial charge in [-0.15, -0.1) is 0 Å². The molecule has 1 rings (SSSR count). The SMILES string of the molecule is CCSCC=Cc1ccccc1. The quantitative estimate of drug-likeness (QED) is 0.636. The molecule has 0 radical (unpaired) electrons. The van der Waals surface area contributed by atoms with Crippen molar-refractivity contribution in [3.05, 3.63) is 42.0 Å². The van der Waals surface area contributed by atoms with E-state index < -0.39 is 0 Å². The van der Waals surface area contributed by atoms with Crippen molar-refractivity contribution in [2.45, 2.75) is 6.92 Å². The summed E-state index contributed by atoms with van der Waals surface area (Å²) in [7, 11) is 0. The molecule has 0 aliphatic heterocycles. The summed E-state index contributed by atoms with van der Waals surface area (Å²) in [6, 6.07) is 10.4. The van der Waals surface area contributed by atoms with E-state index in [1.54, 1.807) is 0 Å². The lowest BCUT2D eigenvalue weighted by Gasteiger charge is -1.91. The van der Waals surface area contributed by atoms with Crippen molar-refractivity contribution < 1.29 is 0 Å². The van der Waals surface area contributed by atoms with Crippen LogP contribution in [0, 0.1) is 0 Å². The minimum atomic E-state index is 1.12. The predicted octanol–water partition coefficient (Wildman–Crippen LogP) is 3.45.